The van der Waals surface area contributed by atoms with Gasteiger partial charge in [0.1, 0.15) is 5.75 Å². The molecule has 3 unspecified atom stereocenters. The third-order valence-electron chi connectivity index (χ3n) is 3.50. The number of carbonyl (C=O) groups is 1. The lowest BCUT2D eigenvalue weighted by Crippen LogP contribution is -2.43. The van der Waals surface area contributed by atoms with Crippen LogP contribution in [0.2, 0.25) is 0 Å². The van der Waals surface area contributed by atoms with Gasteiger partial charge in [0.05, 0.1) is 6.04 Å². The van der Waals surface area contributed by atoms with E-state index in [4.69, 9.17) is 5.73 Å². The number of phenolic OH excluding ortho intramolecular Hbond substituents is 1. The molecule has 4 N–H and O–H groups in total. The van der Waals surface area contributed by atoms with Gasteiger partial charge in [-0.25, -0.2) is 0 Å². The molecule has 2 rings (SSSR count). The van der Waals surface area contributed by atoms with Crippen molar-refractivity contribution < 1.29 is 9.90 Å². The summed E-state index contributed by atoms with van der Waals surface area (Å²) in [6, 6.07) is 6.59. The molecular formula is C14H20N2O2. The van der Waals surface area contributed by atoms with Crippen molar-refractivity contribution in [2.45, 2.75) is 38.3 Å². The van der Waals surface area contributed by atoms with Crippen molar-refractivity contribution in [3.05, 3.63) is 29.8 Å². The second kappa shape index (κ2) is 5.40. The first kappa shape index (κ1) is 12.9. The summed E-state index contributed by atoms with van der Waals surface area (Å²) in [4.78, 5) is 11.8. The highest BCUT2D eigenvalue weighted by atomic mass is 16.3. The molecular weight excluding hydrogens is 228 g/mol. The molecule has 0 spiro atoms. The normalized spacial score (nSPS) is 23.4. The van der Waals surface area contributed by atoms with Crippen molar-refractivity contribution in [1.82, 2.24) is 5.32 Å². The van der Waals surface area contributed by atoms with E-state index in [0.717, 1.165) is 18.4 Å². The Morgan fingerprint density at radius 1 is 1.50 bits per heavy atom. The fourth-order valence-corrected chi connectivity index (χ4v) is 2.14. The van der Waals surface area contributed by atoms with Gasteiger partial charge in [-0.05, 0) is 36.5 Å². The summed E-state index contributed by atoms with van der Waals surface area (Å²) in [5.74, 6) is 0.777. The molecule has 0 heterocycles. The van der Waals surface area contributed by atoms with Crippen molar-refractivity contribution >= 4 is 5.91 Å². The van der Waals surface area contributed by atoms with Gasteiger partial charge < -0.3 is 16.2 Å². The molecule has 0 radical (unpaired) electrons. The second-order valence-corrected chi connectivity index (χ2v) is 5.00. The lowest BCUT2D eigenvalue weighted by molar-refractivity contribution is -0.122. The van der Waals surface area contributed by atoms with Gasteiger partial charge in [0.2, 0.25) is 5.91 Å². The van der Waals surface area contributed by atoms with Gasteiger partial charge >= 0.3 is 0 Å². The van der Waals surface area contributed by atoms with Crippen molar-refractivity contribution in [2.24, 2.45) is 11.7 Å². The van der Waals surface area contributed by atoms with Gasteiger partial charge in [0, 0.05) is 6.04 Å². The molecule has 0 bridgehead atoms. The smallest absolute Gasteiger partial charge is 0.237 e. The highest BCUT2D eigenvalue weighted by Crippen LogP contribution is 2.33. The van der Waals surface area contributed by atoms with E-state index in [1.807, 2.05) is 0 Å². The zero-order valence-corrected chi connectivity index (χ0v) is 10.6. The highest BCUT2D eigenvalue weighted by molar-refractivity contribution is 5.82. The number of aromatic hydroxyl groups is 1. The standard InChI is InChI=1S/C14H20N2O2/c1-2-10-8-13(10)16-14(18)12(15)7-9-3-5-11(17)6-4-9/h3-6,10,12-13,17H,2,7-8,15H2,1H3,(H,16,18). The average molecular weight is 248 g/mol. The number of hydrogen-bond donors (Lipinski definition) is 3. The minimum absolute atomic E-state index is 0.0796. The summed E-state index contributed by atoms with van der Waals surface area (Å²) >= 11 is 0. The summed E-state index contributed by atoms with van der Waals surface area (Å²) in [6.45, 7) is 2.13. The topological polar surface area (TPSA) is 75.4 Å². The maximum Gasteiger partial charge on any atom is 0.237 e. The van der Waals surface area contributed by atoms with Crippen molar-refractivity contribution in [3.63, 3.8) is 0 Å². The van der Waals surface area contributed by atoms with E-state index in [9.17, 15) is 9.90 Å². The van der Waals surface area contributed by atoms with Crippen LogP contribution < -0.4 is 11.1 Å². The van der Waals surface area contributed by atoms with Gasteiger partial charge in [-0.15, -0.1) is 0 Å². The number of carbonyl (C=O) groups excluding carboxylic acids is 1. The third-order valence-corrected chi connectivity index (χ3v) is 3.50. The Kier molecular flexibility index (Phi) is 3.87. The number of benzene rings is 1. The van der Waals surface area contributed by atoms with Crippen LogP contribution in [0.25, 0.3) is 0 Å². The largest absolute Gasteiger partial charge is 0.508 e. The van der Waals surface area contributed by atoms with Gasteiger partial charge in [-0.1, -0.05) is 25.5 Å². The Labute approximate surface area is 107 Å². The van der Waals surface area contributed by atoms with Crippen molar-refractivity contribution in [3.8, 4) is 5.75 Å². The molecule has 1 aliphatic rings. The molecule has 3 atom stereocenters. The number of nitrogens with one attached hydrogen (secondary N) is 1. The van der Waals surface area contributed by atoms with E-state index in [2.05, 4.69) is 12.2 Å². The third kappa shape index (κ3) is 3.23. The molecule has 1 aliphatic carbocycles. The zero-order chi connectivity index (χ0) is 13.1. The first-order valence-corrected chi connectivity index (χ1v) is 6.44. The van der Waals surface area contributed by atoms with E-state index in [1.54, 1.807) is 24.3 Å². The predicted molar refractivity (Wildman–Crippen MR) is 70.1 cm³/mol. The van der Waals surface area contributed by atoms with Crippen LogP contribution >= 0.6 is 0 Å². The first-order chi connectivity index (χ1) is 8.60. The maximum absolute atomic E-state index is 11.8. The van der Waals surface area contributed by atoms with Crippen LogP contribution in [-0.4, -0.2) is 23.1 Å². The lowest BCUT2D eigenvalue weighted by Gasteiger charge is -2.12. The van der Waals surface area contributed by atoms with Gasteiger partial charge in [-0.3, -0.25) is 4.79 Å². The summed E-state index contributed by atoms with van der Waals surface area (Å²) in [5, 5.41) is 12.1. The Morgan fingerprint density at radius 3 is 2.72 bits per heavy atom. The molecule has 98 valence electrons. The average Bonchev–Trinajstić information content (AvgIpc) is 3.10. The number of amides is 1. The monoisotopic (exact) mass is 248 g/mol. The van der Waals surface area contributed by atoms with E-state index in [1.165, 1.54) is 0 Å². The van der Waals surface area contributed by atoms with Crippen LogP contribution in [0.3, 0.4) is 0 Å². The Bertz CT molecular complexity index is 416. The van der Waals surface area contributed by atoms with Crippen LogP contribution in [0.1, 0.15) is 25.3 Å². The van der Waals surface area contributed by atoms with Crippen molar-refractivity contribution in [2.75, 3.05) is 0 Å². The van der Waals surface area contributed by atoms with E-state index in [0.29, 0.717) is 18.4 Å². The number of phenols is 1. The minimum Gasteiger partial charge on any atom is -0.508 e. The van der Waals surface area contributed by atoms with E-state index < -0.39 is 6.04 Å². The Hall–Kier alpha value is -1.55. The summed E-state index contributed by atoms with van der Waals surface area (Å²) in [6.07, 6.45) is 2.68. The van der Waals surface area contributed by atoms with Crippen LogP contribution in [0.4, 0.5) is 0 Å². The highest BCUT2D eigenvalue weighted by Gasteiger charge is 2.37. The van der Waals surface area contributed by atoms with Crippen LogP contribution in [0.15, 0.2) is 24.3 Å². The van der Waals surface area contributed by atoms with Gasteiger partial charge in [0.15, 0.2) is 0 Å². The second-order valence-electron chi connectivity index (χ2n) is 5.00. The molecule has 4 nitrogen and oxygen atoms in total. The van der Waals surface area contributed by atoms with E-state index in [-0.39, 0.29) is 11.7 Å². The van der Waals surface area contributed by atoms with Crippen molar-refractivity contribution in [1.29, 1.82) is 0 Å². The summed E-state index contributed by atoms with van der Waals surface area (Å²) < 4.78 is 0. The summed E-state index contributed by atoms with van der Waals surface area (Å²) in [7, 11) is 0. The molecule has 1 aromatic carbocycles. The SMILES string of the molecule is CCC1CC1NC(=O)C(N)Cc1ccc(O)cc1. The van der Waals surface area contributed by atoms with Gasteiger partial charge in [0.25, 0.3) is 0 Å². The molecule has 1 fully saturated rings. The minimum atomic E-state index is -0.521. The fourth-order valence-electron chi connectivity index (χ4n) is 2.14. The van der Waals surface area contributed by atoms with Crippen LogP contribution in [0, 0.1) is 5.92 Å². The fraction of sp³-hybridized carbons (Fsp3) is 0.500. The van der Waals surface area contributed by atoms with Gasteiger partial charge in [-0.2, -0.15) is 0 Å². The molecule has 4 heteroatoms. The molecule has 18 heavy (non-hydrogen) atoms. The van der Waals surface area contributed by atoms with Crippen LogP contribution in [0.5, 0.6) is 5.75 Å². The first-order valence-electron chi connectivity index (χ1n) is 6.44. The molecule has 0 aromatic heterocycles. The quantitative estimate of drug-likeness (QED) is 0.732. The molecule has 0 saturated heterocycles. The number of nitrogens with two attached hydrogens (primary N) is 1. The van der Waals surface area contributed by atoms with Crippen LogP contribution in [-0.2, 0) is 11.2 Å². The summed E-state index contributed by atoms with van der Waals surface area (Å²) in [5.41, 5.74) is 6.83. The number of rotatable bonds is 5. The predicted octanol–water partition coefficient (Wildman–Crippen LogP) is 1.18. The number of hydrogen-bond acceptors (Lipinski definition) is 3. The Morgan fingerprint density at radius 2 is 2.17 bits per heavy atom. The maximum atomic E-state index is 11.8. The molecule has 1 saturated carbocycles. The lowest BCUT2D eigenvalue weighted by atomic mass is 10.1. The molecule has 1 aromatic rings. The zero-order valence-electron chi connectivity index (χ0n) is 10.6. The Balaban J connectivity index is 1.82. The molecule has 1 amide bonds. The molecule has 0 aliphatic heterocycles. The van der Waals surface area contributed by atoms with E-state index >= 15 is 0 Å².